The zero-order valence-corrected chi connectivity index (χ0v) is 11.2. The van der Waals surface area contributed by atoms with Crippen molar-refractivity contribution in [1.29, 1.82) is 0 Å². The number of nitrogens with zero attached hydrogens (tertiary/aromatic N) is 1. The van der Waals surface area contributed by atoms with E-state index in [1.54, 1.807) is 19.2 Å². The molecule has 4 heteroatoms. The molecule has 2 aromatic rings. The molecule has 102 valence electrons. The molecular weight excluding hydrogens is 255 g/mol. The smallest absolute Gasteiger partial charge is 0.258 e. The molecule has 0 spiro atoms. The van der Waals surface area contributed by atoms with Crippen LogP contribution < -0.4 is 10.2 Å². The van der Waals surface area contributed by atoms with Crippen molar-refractivity contribution in [2.45, 2.75) is 13.1 Å². The molecule has 0 saturated carbocycles. The van der Waals surface area contributed by atoms with E-state index in [0.29, 0.717) is 11.3 Å². The maximum atomic E-state index is 12.9. The normalized spacial score (nSPS) is 13.1. The van der Waals surface area contributed by atoms with E-state index in [2.05, 4.69) is 5.32 Å². The lowest BCUT2D eigenvalue weighted by Crippen LogP contribution is -2.26. The zero-order valence-electron chi connectivity index (χ0n) is 11.2. The SMILES string of the molecule is CN(C(=O)c1ccc2c(c1)CNC2)c1ccc(F)cc1. The second-order valence-electron chi connectivity index (χ2n) is 4.93. The fourth-order valence-electron chi connectivity index (χ4n) is 2.40. The third-order valence-electron chi connectivity index (χ3n) is 3.60. The average Bonchev–Trinajstić information content (AvgIpc) is 2.94. The highest BCUT2D eigenvalue weighted by Gasteiger charge is 2.17. The Bertz CT molecular complexity index is 652. The van der Waals surface area contributed by atoms with E-state index in [1.165, 1.54) is 28.2 Å². The van der Waals surface area contributed by atoms with Gasteiger partial charge in [0.1, 0.15) is 5.82 Å². The molecule has 1 aliphatic rings. The van der Waals surface area contributed by atoms with Crippen molar-refractivity contribution in [3.63, 3.8) is 0 Å². The first-order chi connectivity index (χ1) is 9.65. The lowest BCUT2D eigenvalue weighted by atomic mass is 10.1. The molecule has 1 heterocycles. The first-order valence-electron chi connectivity index (χ1n) is 6.51. The number of carbonyl (C=O) groups is 1. The van der Waals surface area contributed by atoms with Gasteiger partial charge in [0, 0.05) is 31.4 Å². The zero-order chi connectivity index (χ0) is 14.1. The summed E-state index contributed by atoms with van der Waals surface area (Å²) in [5.74, 6) is -0.399. The van der Waals surface area contributed by atoms with E-state index in [4.69, 9.17) is 0 Å². The quantitative estimate of drug-likeness (QED) is 0.910. The number of hydrogen-bond donors (Lipinski definition) is 1. The summed E-state index contributed by atoms with van der Waals surface area (Å²) < 4.78 is 12.9. The molecule has 3 rings (SSSR count). The molecule has 0 aliphatic carbocycles. The largest absolute Gasteiger partial charge is 0.311 e. The third-order valence-corrected chi connectivity index (χ3v) is 3.60. The molecule has 0 aromatic heterocycles. The molecule has 0 fully saturated rings. The highest BCUT2D eigenvalue weighted by Crippen LogP contribution is 2.20. The van der Waals surface area contributed by atoms with Crippen molar-refractivity contribution in [3.05, 3.63) is 65.0 Å². The monoisotopic (exact) mass is 270 g/mol. The minimum atomic E-state index is -0.307. The summed E-state index contributed by atoms with van der Waals surface area (Å²) in [5, 5.41) is 3.25. The molecular formula is C16H15FN2O. The lowest BCUT2D eigenvalue weighted by molar-refractivity contribution is 0.0993. The third kappa shape index (κ3) is 2.30. The lowest BCUT2D eigenvalue weighted by Gasteiger charge is -2.17. The maximum absolute atomic E-state index is 12.9. The summed E-state index contributed by atoms with van der Waals surface area (Å²) in [6.07, 6.45) is 0. The van der Waals surface area contributed by atoms with Crippen LogP contribution in [0.1, 0.15) is 21.5 Å². The van der Waals surface area contributed by atoms with E-state index in [-0.39, 0.29) is 11.7 Å². The predicted octanol–water partition coefficient (Wildman–Crippen LogP) is 2.71. The van der Waals surface area contributed by atoms with Gasteiger partial charge in [0.15, 0.2) is 0 Å². The van der Waals surface area contributed by atoms with E-state index in [0.717, 1.165) is 13.1 Å². The summed E-state index contributed by atoms with van der Waals surface area (Å²) in [5.41, 5.74) is 3.74. The Labute approximate surface area is 117 Å². The van der Waals surface area contributed by atoms with Crippen LogP contribution in [-0.4, -0.2) is 13.0 Å². The number of halogens is 1. The second-order valence-corrected chi connectivity index (χ2v) is 4.93. The molecule has 3 nitrogen and oxygen atoms in total. The number of carbonyl (C=O) groups excluding carboxylic acids is 1. The summed E-state index contributed by atoms with van der Waals surface area (Å²) in [6, 6.07) is 11.7. The minimum Gasteiger partial charge on any atom is -0.311 e. The van der Waals surface area contributed by atoms with Gasteiger partial charge in [-0.25, -0.2) is 4.39 Å². The van der Waals surface area contributed by atoms with Crippen molar-refractivity contribution in [2.75, 3.05) is 11.9 Å². The number of benzene rings is 2. The van der Waals surface area contributed by atoms with Crippen LogP contribution in [0.15, 0.2) is 42.5 Å². The Morgan fingerprint density at radius 1 is 1.10 bits per heavy atom. The predicted molar refractivity (Wildman–Crippen MR) is 76.1 cm³/mol. The number of hydrogen-bond acceptors (Lipinski definition) is 2. The highest BCUT2D eigenvalue weighted by atomic mass is 19.1. The minimum absolute atomic E-state index is 0.0914. The molecule has 1 aliphatic heterocycles. The van der Waals surface area contributed by atoms with Crippen molar-refractivity contribution >= 4 is 11.6 Å². The fraction of sp³-hybridized carbons (Fsp3) is 0.188. The van der Waals surface area contributed by atoms with E-state index >= 15 is 0 Å². The first-order valence-corrected chi connectivity index (χ1v) is 6.51. The number of amides is 1. The Morgan fingerprint density at radius 2 is 1.80 bits per heavy atom. The van der Waals surface area contributed by atoms with Crippen LogP contribution in [-0.2, 0) is 13.1 Å². The van der Waals surface area contributed by atoms with Gasteiger partial charge in [0.25, 0.3) is 5.91 Å². The van der Waals surface area contributed by atoms with Crippen LogP contribution in [0.3, 0.4) is 0 Å². The second kappa shape index (κ2) is 5.06. The number of nitrogens with one attached hydrogen (secondary N) is 1. The standard InChI is InChI=1S/C16H15FN2O/c1-19(15-6-4-14(17)5-7-15)16(20)11-2-3-12-9-18-10-13(12)8-11/h2-8,18H,9-10H2,1H3. The van der Waals surface area contributed by atoms with Gasteiger partial charge in [-0.2, -0.15) is 0 Å². The van der Waals surface area contributed by atoms with Crippen LogP contribution >= 0.6 is 0 Å². The van der Waals surface area contributed by atoms with Gasteiger partial charge >= 0.3 is 0 Å². The van der Waals surface area contributed by atoms with Gasteiger partial charge in [-0.1, -0.05) is 6.07 Å². The van der Waals surface area contributed by atoms with Crippen molar-refractivity contribution < 1.29 is 9.18 Å². The summed E-state index contributed by atoms with van der Waals surface area (Å²) in [6.45, 7) is 1.66. The Kier molecular flexibility index (Phi) is 3.24. The average molecular weight is 270 g/mol. The van der Waals surface area contributed by atoms with Crippen LogP contribution in [0.4, 0.5) is 10.1 Å². The van der Waals surface area contributed by atoms with Gasteiger partial charge in [-0.15, -0.1) is 0 Å². The van der Waals surface area contributed by atoms with Crippen molar-refractivity contribution in [2.24, 2.45) is 0 Å². The van der Waals surface area contributed by atoms with E-state index in [9.17, 15) is 9.18 Å². The van der Waals surface area contributed by atoms with E-state index in [1.807, 2.05) is 18.2 Å². The van der Waals surface area contributed by atoms with Gasteiger partial charge in [-0.05, 0) is 47.5 Å². The highest BCUT2D eigenvalue weighted by molar-refractivity contribution is 6.05. The van der Waals surface area contributed by atoms with Gasteiger partial charge in [0.2, 0.25) is 0 Å². The number of anilines is 1. The van der Waals surface area contributed by atoms with Crippen molar-refractivity contribution in [1.82, 2.24) is 5.32 Å². The Balaban J connectivity index is 1.86. The van der Waals surface area contributed by atoms with Gasteiger partial charge < -0.3 is 10.2 Å². The molecule has 0 bridgehead atoms. The summed E-state index contributed by atoms with van der Waals surface area (Å²) in [4.78, 5) is 14.0. The van der Waals surface area contributed by atoms with Gasteiger partial charge in [0.05, 0.1) is 0 Å². The number of fused-ring (bicyclic) bond motifs is 1. The van der Waals surface area contributed by atoms with Crippen LogP contribution in [0.2, 0.25) is 0 Å². The van der Waals surface area contributed by atoms with Crippen LogP contribution in [0, 0.1) is 5.82 Å². The maximum Gasteiger partial charge on any atom is 0.258 e. The van der Waals surface area contributed by atoms with Crippen LogP contribution in [0.5, 0.6) is 0 Å². The molecule has 0 saturated heterocycles. The molecule has 20 heavy (non-hydrogen) atoms. The van der Waals surface area contributed by atoms with Gasteiger partial charge in [-0.3, -0.25) is 4.79 Å². The summed E-state index contributed by atoms with van der Waals surface area (Å²) >= 11 is 0. The molecule has 0 atom stereocenters. The number of rotatable bonds is 2. The molecule has 2 aromatic carbocycles. The molecule has 0 unspecified atom stereocenters. The summed E-state index contributed by atoms with van der Waals surface area (Å²) in [7, 11) is 1.70. The Hall–Kier alpha value is -2.20. The topological polar surface area (TPSA) is 32.3 Å². The Morgan fingerprint density at radius 3 is 2.55 bits per heavy atom. The molecule has 0 radical (unpaired) electrons. The molecule has 1 N–H and O–H groups in total. The van der Waals surface area contributed by atoms with Crippen LogP contribution in [0.25, 0.3) is 0 Å². The first kappa shape index (κ1) is 12.8. The fourth-order valence-corrected chi connectivity index (χ4v) is 2.40. The van der Waals surface area contributed by atoms with Crippen molar-refractivity contribution in [3.8, 4) is 0 Å². The van der Waals surface area contributed by atoms with E-state index < -0.39 is 0 Å². The molecule has 1 amide bonds.